The van der Waals surface area contributed by atoms with Gasteiger partial charge in [-0.15, -0.1) is 0 Å². The summed E-state index contributed by atoms with van der Waals surface area (Å²) in [5.74, 6) is 1.16. The molecular formula is C14H11Cl2N3O2. The Morgan fingerprint density at radius 1 is 1.14 bits per heavy atom. The number of halogens is 2. The van der Waals surface area contributed by atoms with E-state index in [1.165, 1.54) is 6.21 Å². The number of nitrogens with one attached hydrogen (secondary N) is 1. The maximum Gasteiger partial charge on any atom is 0.332 e. The molecule has 0 aliphatic rings. The second kappa shape index (κ2) is 6.97. The molecule has 3 N–H and O–H groups in total. The van der Waals surface area contributed by atoms with E-state index in [1.807, 2.05) is 0 Å². The number of amides is 2. The van der Waals surface area contributed by atoms with Gasteiger partial charge in [0.1, 0.15) is 11.5 Å². The van der Waals surface area contributed by atoms with Crippen LogP contribution in [0.2, 0.25) is 10.0 Å². The number of hydrogen-bond acceptors (Lipinski definition) is 3. The number of carbonyl (C=O) groups is 1. The number of hydrogen-bond donors (Lipinski definition) is 2. The van der Waals surface area contributed by atoms with Crippen LogP contribution in [0.5, 0.6) is 11.5 Å². The number of nitrogens with two attached hydrogens (primary N) is 1. The van der Waals surface area contributed by atoms with Gasteiger partial charge in [0.2, 0.25) is 0 Å². The zero-order valence-electron chi connectivity index (χ0n) is 10.7. The van der Waals surface area contributed by atoms with Gasteiger partial charge >= 0.3 is 6.03 Å². The normalized spacial score (nSPS) is 10.6. The van der Waals surface area contributed by atoms with Crippen LogP contribution in [0.15, 0.2) is 47.6 Å². The highest BCUT2D eigenvalue weighted by atomic mass is 35.5. The fourth-order valence-electron chi connectivity index (χ4n) is 1.51. The molecule has 7 heteroatoms. The lowest BCUT2D eigenvalue weighted by molar-refractivity contribution is 0.249. The van der Waals surface area contributed by atoms with E-state index in [9.17, 15) is 4.79 Å². The molecule has 5 nitrogen and oxygen atoms in total. The molecule has 108 valence electrons. The average molecular weight is 324 g/mol. The fourth-order valence-corrected chi connectivity index (χ4v) is 1.79. The largest absolute Gasteiger partial charge is 0.457 e. The molecule has 0 radical (unpaired) electrons. The molecule has 0 aliphatic heterocycles. The van der Waals surface area contributed by atoms with Crippen molar-refractivity contribution in [2.45, 2.75) is 0 Å². The highest BCUT2D eigenvalue weighted by Gasteiger charge is 2.02. The zero-order valence-corrected chi connectivity index (χ0v) is 12.2. The summed E-state index contributed by atoms with van der Waals surface area (Å²) >= 11 is 11.8. The van der Waals surface area contributed by atoms with Crippen LogP contribution >= 0.6 is 23.2 Å². The smallest absolute Gasteiger partial charge is 0.332 e. The summed E-state index contributed by atoms with van der Waals surface area (Å²) in [6.45, 7) is 0. The van der Waals surface area contributed by atoms with Gasteiger partial charge in [-0.05, 0) is 29.8 Å². The molecule has 0 saturated carbocycles. The molecule has 21 heavy (non-hydrogen) atoms. The van der Waals surface area contributed by atoms with Crippen molar-refractivity contribution in [2.75, 3.05) is 0 Å². The quantitative estimate of drug-likeness (QED) is 0.663. The first-order chi connectivity index (χ1) is 10.0. The van der Waals surface area contributed by atoms with E-state index < -0.39 is 6.03 Å². The van der Waals surface area contributed by atoms with Crippen LogP contribution in [-0.4, -0.2) is 12.2 Å². The third-order valence-electron chi connectivity index (χ3n) is 2.37. The number of urea groups is 1. The molecule has 0 aliphatic carbocycles. The Balaban J connectivity index is 2.11. The first-order valence-electron chi connectivity index (χ1n) is 5.86. The summed E-state index contributed by atoms with van der Waals surface area (Å²) in [5, 5.41) is 4.55. The molecule has 0 aromatic heterocycles. The molecule has 0 saturated heterocycles. The highest BCUT2D eigenvalue weighted by Crippen LogP contribution is 2.29. The Bertz CT molecular complexity index is 690. The molecular weight excluding hydrogens is 313 g/mol. The molecule has 0 fully saturated rings. The maximum absolute atomic E-state index is 10.5. The van der Waals surface area contributed by atoms with E-state index in [0.717, 1.165) is 5.56 Å². The zero-order chi connectivity index (χ0) is 15.2. The van der Waals surface area contributed by atoms with Gasteiger partial charge < -0.3 is 10.5 Å². The first-order valence-corrected chi connectivity index (χ1v) is 6.61. The standard InChI is InChI=1S/C14H11Cl2N3O2/c15-12-5-4-11(7-13(12)16)21-10-3-1-2-9(6-10)8-18-19-14(17)20/h1-8H,(H3,17,19,20). The number of rotatable bonds is 4. The number of benzene rings is 2. The van der Waals surface area contributed by atoms with Gasteiger partial charge in [0, 0.05) is 6.07 Å². The summed E-state index contributed by atoms with van der Waals surface area (Å²) in [4.78, 5) is 10.5. The molecule has 0 bridgehead atoms. The number of primary amides is 1. The SMILES string of the molecule is NC(=O)NN=Cc1cccc(Oc2ccc(Cl)c(Cl)c2)c1. The molecule has 0 unspecified atom stereocenters. The van der Waals surface area contributed by atoms with E-state index in [0.29, 0.717) is 21.5 Å². The van der Waals surface area contributed by atoms with E-state index in [-0.39, 0.29) is 0 Å². The van der Waals surface area contributed by atoms with Crippen LogP contribution in [-0.2, 0) is 0 Å². The minimum atomic E-state index is -0.727. The van der Waals surface area contributed by atoms with Gasteiger partial charge in [-0.3, -0.25) is 0 Å². The van der Waals surface area contributed by atoms with Crippen LogP contribution in [0.25, 0.3) is 0 Å². The second-order valence-electron chi connectivity index (χ2n) is 3.98. The van der Waals surface area contributed by atoms with E-state index in [1.54, 1.807) is 42.5 Å². The Morgan fingerprint density at radius 3 is 2.62 bits per heavy atom. The molecule has 2 rings (SSSR count). The number of hydrazone groups is 1. The van der Waals surface area contributed by atoms with Gasteiger partial charge in [0.05, 0.1) is 16.3 Å². The molecule has 0 atom stereocenters. The van der Waals surface area contributed by atoms with Crippen LogP contribution in [0.3, 0.4) is 0 Å². The van der Waals surface area contributed by atoms with Gasteiger partial charge in [0.15, 0.2) is 0 Å². The molecule has 2 aromatic rings. The van der Waals surface area contributed by atoms with Crippen molar-refractivity contribution < 1.29 is 9.53 Å². The number of nitrogens with zero attached hydrogens (tertiary/aromatic N) is 1. The molecule has 2 amide bonds. The summed E-state index contributed by atoms with van der Waals surface area (Å²) in [6.07, 6.45) is 1.45. The highest BCUT2D eigenvalue weighted by molar-refractivity contribution is 6.42. The summed E-state index contributed by atoms with van der Waals surface area (Å²) in [5.41, 5.74) is 7.75. The summed E-state index contributed by atoms with van der Waals surface area (Å²) < 4.78 is 5.67. The van der Waals surface area contributed by atoms with Crippen molar-refractivity contribution in [3.63, 3.8) is 0 Å². The third-order valence-corrected chi connectivity index (χ3v) is 3.11. The van der Waals surface area contributed by atoms with Crippen LogP contribution in [0, 0.1) is 0 Å². The predicted molar refractivity (Wildman–Crippen MR) is 83.3 cm³/mol. The van der Waals surface area contributed by atoms with Crippen LogP contribution < -0.4 is 15.9 Å². The first kappa shape index (κ1) is 15.2. The maximum atomic E-state index is 10.5. The van der Waals surface area contributed by atoms with Crippen molar-refractivity contribution in [3.05, 3.63) is 58.1 Å². The minimum Gasteiger partial charge on any atom is -0.457 e. The van der Waals surface area contributed by atoms with Crippen molar-refractivity contribution in [2.24, 2.45) is 10.8 Å². The Morgan fingerprint density at radius 2 is 1.90 bits per heavy atom. The van der Waals surface area contributed by atoms with Gasteiger partial charge in [-0.25, -0.2) is 10.2 Å². The van der Waals surface area contributed by atoms with E-state index in [2.05, 4.69) is 10.5 Å². The van der Waals surface area contributed by atoms with Crippen LogP contribution in [0.4, 0.5) is 4.79 Å². The molecule has 2 aromatic carbocycles. The summed E-state index contributed by atoms with van der Waals surface area (Å²) in [6, 6.07) is 11.4. The molecule has 0 spiro atoms. The predicted octanol–water partition coefficient (Wildman–Crippen LogP) is 3.79. The number of ether oxygens (including phenoxy) is 1. The van der Waals surface area contributed by atoms with Crippen molar-refractivity contribution in [1.29, 1.82) is 0 Å². The Labute approximate surface area is 131 Å². The number of carbonyl (C=O) groups excluding carboxylic acids is 1. The van der Waals surface area contributed by atoms with Gasteiger partial charge in [0.25, 0.3) is 0 Å². The van der Waals surface area contributed by atoms with Crippen molar-refractivity contribution >= 4 is 35.4 Å². The van der Waals surface area contributed by atoms with Gasteiger partial charge in [-0.2, -0.15) is 5.10 Å². The topological polar surface area (TPSA) is 76.7 Å². The fraction of sp³-hybridized carbons (Fsp3) is 0. The second-order valence-corrected chi connectivity index (χ2v) is 4.80. The lowest BCUT2D eigenvalue weighted by atomic mass is 10.2. The molecule has 0 heterocycles. The lowest BCUT2D eigenvalue weighted by Crippen LogP contribution is -2.24. The average Bonchev–Trinajstić information content (AvgIpc) is 2.43. The van der Waals surface area contributed by atoms with E-state index in [4.69, 9.17) is 33.7 Å². The van der Waals surface area contributed by atoms with Crippen molar-refractivity contribution in [1.82, 2.24) is 5.43 Å². The van der Waals surface area contributed by atoms with E-state index >= 15 is 0 Å². The third kappa shape index (κ3) is 4.66. The van der Waals surface area contributed by atoms with Gasteiger partial charge in [-0.1, -0.05) is 35.3 Å². The van der Waals surface area contributed by atoms with Crippen LogP contribution in [0.1, 0.15) is 5.56 Å². The summed E-state index contributed by atoms with van der Waals surface area (Å²) in [7, 11) is 0. The minimum absolute atomic E-state index is 0.414. The van der Waals surface area contributed by atoms with Crippen molar-refractivity contribution in [3.8, 4) is 11.5 Å². The lowest BCUT2D eigenvalue weighted by Gasteiger charge is -2.07. The Hall–Kier alpha value is -2.24. The monoisotopic (exact) mass is 323 g/mol. The Kier molecular flexibility index (Phi) is 5.03.